The Bertz CT molecular complexity index is 3850. The van der Waals surface area contributed by atoms with Crippen LogP contribution in [0.1, 0.15) is 33.4 Å². The molecule has 2 heterocycles. The topological polar surface area (TPSA) is 160 Å². The normalized spacial score (nSPS) is 10.9. The lowest BCUT2D eigenvalue weighted by Gasteiger charge is -2.35. The number of alkyl halides is 3. The molecule has 0 saturated carbocycles. The number of fused-ring (bicyclic) bond motifs is 2. The fourth-order valence-corrected chi connectivity index (χ4v) is 12.9. The lowest BCUT2D eigenvalue weighted by Crippen LogP contribution is -2.28. The van der Waals surface area contributed by atoms with Crippen LogP contribution in [0.2, 0.25) is 0 Å². The Balaban J connectivity index is 0.000000171. The molecule has 0 fully saturated rings. The molecule has 0 aliphatic carbocycles. The summed E-state index contributed by atoms with van der Waals surface area (Å²) in [7, 11) is -5.69. The number of benzene rings is 8. The Hall–Kier alpha value is -5.62. The number of thiol groups is 1. The number of hydrogen-bond acceptors (Lipinski definition) is 12. The second-order valence-electron chi connectivity index (χ2n) is 15.4. The van der Waals surface area contributed by atoms with Gasteiger partial charge in [0.25, 0.3) is 11.4 Å². The molecule has 10 rings (SSSR count). The van der Waals surface area contributed by atoms with E-state index in [-0.39, 0.29) is 16.5 Å². The molecule has 0 unspecified atom stereocenters. The summed E-state index contributed by atoms with van der Waals surface area (Å²) in [6, 6.07) is 63.3. The smallest absolute Gasteiger partial charge is 0.354 e. The molecule has 2 aromatic heterocycles. The van der Waals surface area contributed by atoms with E-state index in [2.05, 4.69) is 184 Å². The van der Waals surface area contributed by atoms with Crippen LogP contribution in [0.5, 0.6) is 5.88 Å². The predicted molar refractivity (Wildman–Crippen MR) is 322 cm³/mol. The minimum absolute atomic E-state index is 0.00231. The molecule has 0 aliphatic heterocycles. The van der Waals surface area contributed by atoms with E-state index in [0.29, 0.717) is 29.7 Å². The summed E-state index contributed by atoms with van der Waals surface area (Å²) in [5, 5.41) is 27.5. The van der Waals surface area contributed by atoms with Gasteiger partial charge in [-0.1, -0.05) is 182 Å². The zero-order valence-electron chi connectivity index (χ0n) is 39.2. The van der Waals surface area contributed by atoms with Gasteiger partial charge in [0.2, 0.25) is 0 Å². The first-order chi connectivity index (χ1) is 37.2. The molecule has 8 aromatic carbocycles. The van der Waals surface area contributed by atoms with Gasteiger partial charge in [0.1, 0.15) is 24.0 Å². The maximum Gasteiger partial charge on any atom is 0.534 e. The standard InChI is InChI=1S/C26H18BrNS.C8H3BrF3NO3S2.C7H3BrFN.C7H4BrNOS.C7H4BrNS/c27-24-17-16-20(19-28)25(18-24)29-26(21-10-4-1-5-11-21,22-12-6-2-7-13-22)23-14-8-3-9-15-23;9-4-1-2-5-6(3-4)17-13-7(5)16-18(14,15)8(10,11)12;8-6-2-1-5(4-10)7(9)3-6;8-4-1-2-5-6(3-4)11-9-7(5)10;8-6-2-1-5(4-9)7(10)3-6/h1-18H;1-3H;1-3H;1-3H,(H,9,10);1-3,10H. The number of hydrogen-bond donors (Lipinski definition) is 2. The van der Waals surface area contributed by atoms with Crippen molar-refractivity contribution in [1.29, 1.82) is 15.8 Å². The summed E-state index contributed by atoms with van der Waals surface area (Å²) >= 11 is 24.4. The third-order valence-electron chi connectivity index (χ3n) is 10.3. The van der Waals surface area contributed by atoms with E-state index in [1.54, 1.807) is 48.2 Å². The van der Waals surface area contributed by atoms with Gasteiger partial charge in [-0.05, 0) is 119 Å². The second-order valence-corrected chi connectivity index (χ2v) is 24.9. The van der Waals surface area contributed by atoms with E-state index < -0.39 is 32.1 Å². The Morgan fingerprint density at radius 3 is 1.50 bits per heavy atom. The lowest BCUT2D eigenvalue weighted by atomic mass is 9.84. The molecule has 78 heavy (non-hydrogen) atoms. The van der Waals surface area contributed by atoms with Gasteiger partial charge in [-0.3, -0.25) is 9.17 Å². The van der Waals surface area contributed by atoms with Gasteiger partial charge >= 0.3 is 15.6 Å². The van der Waals surface area contributed by atoms with Crippen molar-refractivity contribution in [3.63, 3.8) is 0 Å². The monoisotopic (exact) mass is 1460 g/mol. The number of rotatable bonds is 7. The molecule has 0 spiro atoms. The van der Waals surface area contributed by atoms with Gasteiger partial charge in [0.15, 0.2) is 0 Å². The maximum atomic E-state index is 12.6. The predicted octanol–water partition coefficient (Wildman–Crippen LogP) is 18.1. The molecule has 1 N–H and O–H groups in total. The van der Waals surface area contributed by atoms with E-state index in [0.717, 1.165) is 39.9 Å². The molecule has 0 radical (unpaired) electrons. The highest BCUT2D eigenvalue weighted by Gasteiger charge is 2.49. The Morgan fingerprint density at radius 2 is 1.01 bits per heavy atom. The summed E-state index contributed by atoms with van der Waals surface area (Å²) < 4.78 is 86.2. The zero-order valence-corrected chi connectivity index (χ0v) is 51.3. The molecule has 23 heteroatoms. The number of thioether (sulfide) groups is 1. The average molecular weight is 1460 g/mol. The van der Waals surface area contributed by atoms with Crippen molar-refractivity contribution < 1.29 is 30.2 Å². The number of H-pyrrole nitrogens is 1. The summed E-state index contributed by atoms with van der Waals surface area (Å²) in [6.45, 7) is 0. The summed E-state index contributed by atoms with van der Waals surface area (Å²) in [4.78, 5) is 12.7. The molecule has 0 atom stereocenters. The molecule has 9 nitrogen and oxygen atoms in total. The number of nitriles is 3. The van der Waals surface area contributed by atoms with Crippen LogP contribution in [0.4, 0.5) is 17.6 Å². The number of aromatic amines is 1. The van der Waals surface area contributed by atoms with Gasteiger partial charge in [0, 0.05) is 32.2 Å². The number of nitrogens with zero attached hydrogens (tertiary/aromatic N) is 4. The van der Waals surface area contributed by atoms with E-state index in [1.165, 1.54) is 46.4 Å². The van der Waals surface area contributed by atoms with Crippen molar-refractivity contribution in [1.82, 2.24) is 8.75 Å². The van der Waals surface area contributed by atoms with Crippen molar-refractivity contribution in [2.45, 2.75) is 20.0 Å². The van der Waals surface area contributed by atoms with Crippen LogP contribution in [-0.2, 0) is 14.9 Å². The summed E-state index contributed by atoms with van der Waals surface area (Å²) in [6.07, 6.45) is 0. The first kappa shape index (κ1) is 61.6. The highest BCUT2D eigenvalue weighted by Crippen LogP contribution is 2.52. The maximum absolute atomic E-state index is 12.6. The highest BCUT2D eigenvalue weighted by atomic mass is 79.9. The van der Waals surface area contributed by atoms with Crippen molar-refractivity contribution in [3.8, 4) is 24.1 Å². The molecule has 0 bridgehead atoms. The van der Waals surface area contributed by atoms with Crippen LogP contribution in [0.25, 0.3) is 20.2 Å². The summed E-state index contributed by atoms with van der Waals surface area (Å²) in [5.41, 5.74) is -0.611. The van der Waals surface area contributed by atoms with Crippen LogP contribution in [0.3, 0.4) is 0 Å². The van der Waals surface area contributed by atoms with Crippen LogP contribution < -0.4 is 9.74 Å². The first-order valence-corrected chi connectivity index (χ1v) is 30.0. The van der Waals surface area contributed by atoms with E-state index in [9.17, 15) is 36.0 Å². The van der Waals surface area contributed by atoms with E-state index in [4.69, 9.17) is 10.5 Å². The van der Waals surface area contributed by atoms with Crippen molar-refractivity contribution in [3.05, 3.63) is 254 Å². The lowest BCUT2D eigenvalue weighted by molar-refractivity contribution is -0.0500. The fourth-order valence-electron chi connectivity index (χ4n) is 6.74. The van der Waals surface area contributed by atoms with Crippen LogP contribution in [-0.4, -0.2) is 22.7 Å². The summed E-state index contributed by atoms with van der Waals surface area (Å²) in [5.74, 6) is -1.06. The fraction of sp³-hybridized carbons (Fsp3) is 0.0364. The number of nitrogens with one attached hydrogen (secondary N) is 1. The quantitative estimate of drug-likeness (QED) is 0.0395. The van der Waals surface area contributed by atoms with Crippen LogP contribution >= 0.6 is 127 Å². The van der Waals surface area contributed by atoms with Crippen LogP contribution in [0.15, 0.2) is 219 Å². The number of aromatic nitrogens is 2. The van der Waals surface area contributed by atoms with Crippen molar-refractivity contribution in [2.24, 2.45) is 0 Å². The molecule has 10 aromatic rings. The molecule has 394 valence electrons. The van der Waals surface area contributed by atoms with Gasteiger partial charge in [-0.15, -0.1) is 24.4 Å². The van der Waals surface area contributed by atoms with Gasteiger partial charge < -0.3 is 4.18 Å². The van der Waals surface area contributed by atoms with Crippen molar-refractivity contribution in [2.75, 3.05) is 0 Å². The third-order valence-corrected chi connectivity index (χ3v) is 17.3. The SMILES string of the molecule is N#Cc1ccc(Br)cc1F.N#Cc1ccc(Br)cc1S.N#Cc1ccc(Br)cc1SC(c1ccccc1)(c1ccccc1)c1ccccc1.O=S(=O)(Oc1nsc2cc(Br)ccc12)C(F)(F)F.O=c1[nH]sc2cc(Br)ccc12. The highest BCUT2D eigenvalue weighted by molar-refractivity contribution is 9.11. The average Bonchev–Trinajstić information content (AvgIpc) is 4.15. The Morgan fingerprint density at radius 1 is 0.577 bits per heavy atom. The molecule has 0 amide bonds. The molecular formula is C55H32Br5F4N5O4S5. The molecule has 0 aliphatic rings. The number of halogens is 9. The van der Waals surface area contributed by atoms with E-state index in [1.807, 2.05) is 66.7 Å². The minimum Gasteiger partial charge on any atom is -0.354 e. The van der Waals surface area contributed by atoms with E-state index >= 15 is 0 Å². The third kappa shape index (κ3) is 16.3. The molecular weight excluding hydrogens is 1430 g/mol. The first-order valence-electron chi connectivity index (χ1n) is 21.8. The largest absolute Gasteiger partial charge is 0.534 e. The van der Waals surface area contributed by atoms with Crippen molar-refractivity contribution >= 4 is 157 Å². The molecule has 0 saturated heterocycles. The van der Waals surface area contributed by atoms with Gasteiger partial charge in [0.05, 0.1) is 41.6 Å². The zero-order chi connectivity index (χ0) is 56.6. The minimum atomic E-state index is -5.69. The van der Waals surface area contributed by atoms with Crippen LogP contribution in [0, 0.1) is 39.8 Å². The Labute approximate surface area is 505 Å². The van der Waals surface area contributed by atoms with Gasteiger partial charge in [-0.2, -0.15) is 41.7 Å². The Kier molecular flexibility index (Phi) is 22.5. The second kappa shape index (κ2) is 28.5. The van der Waals surface area contributed by atoms with Gasteiger partial charge in [-0.25, -0.2) is 4.39 Å².